The minimum atomic E-state index is -0.406. The van der Waals surface area contributed by atoms with Crippen LogP contribution in [0.3, 0.4) is 0 Å². The van der Waals surface area contributed by atoms with Crippen molar-refractivity contribution in [3.63, 3.8) is 0 Å². The molecule has 2 unspecified atom stereocenters. The molecular formula is C23H31NO. The van der Waals surface area contributed by atoms with Gasteiger partial charge in [0.25, 0.3) is 0 Å². The predicted molar refractivity (Wildman–Crippen MR) is 105 cm³/mol. The van der Waals surface area contributed by atoms with Crippen LogP contribution in [0.5, 0.6) is 0 Å². The first-order valence-electron chi connectivity index (χ1n) is 9.72. The minimum Gasteiger partial charge on any atom is -0.387 e. The summed E-state index contributed by atoms with van der Waals surface area (Å²) in [5.74, 6) is 0.770. The van der Waals surface area contributed by atoms with Crippen LogP contribution < -0.4 is 0 Å². The van der Waals surface area contributed by atoms with Gasteiger partial charge in [0.05, 0.1) is 6.10 Å². The van der Waals surface area contributed by atoms with E-state index in [9.17, 15) is 5.11 Å². The van der Waals surface area contributed by atoms with E-state index in [-0.39, 0.29) is 6.04 Å². The summed E-state index contributed by atoms with van der Waals surface area (Å²) in [5.41, 5.74) is 3.81. The fourth-order valence-corrected chi connectivity index (χ4v) is 3.94. The molecule has 1 N–H and O–H groups in total. The molecule has 0 spiro atoms. The van der Waals surface area contributed by atoms with Crippen molar-refractivity contribution in [1.82, 2.24) is 4.90 Å². The summed E-state index contributed by atoms with van der Waals surface area (Å²) >= 11 is 0. The molecule has 1 fully saturated rings. The maximum Gasteiger partial charge on any atom is 0.0942 e. The Kier molecular flexibility index (Phi) is 6.28. The number of aryl methyl sites for hydroxylation is 1. The molecule has 1 heterocycles. The van der Waals surface area contributed by atoms with Crippen LogP contribution in [0.25, 0.3) is 0 Å². The summed E-state index contributed by atoms with van der Waals surface area (Å²) in [6.45, 7) is 6.50. The van der Waals surface area contributed by atoms with Crippen molar-refractivity contribution in [2.24, 2.45) is 5.92 Å². The summed E-state index contributed by atoms with van der Waals surface area (Å²) in [6, 6.07) is 19.4. The Morgan fingerprint density at radius 3 is 2.20 bits per heavy atom. The number of likely N-dealkylation sites (tertiary alicyclic amines) is 1. The van der Waals surface area contributed by atoms with Crippen molar-refractivity contribution >= 4 is 0 Å². The van der Waals surface area contributed by atoms with Gasteiger partial charge in [-0.05, 0) is 68.3 Å². The first kappa shape index (κ1) is 18.2. The van der Waals surface area contributed by atoms with E-state index in [2.05, 4.69) is 73.3 Å². The molecule has 25 heavy (non-hydrogen) atoms. The van der Waals surface area contributed by atoms with Gasteiger partial charge >= 0.3 is 0 Å². The number of aliphatic hydroxyl groups excluding tert-OH is 1. The van der Waals surface area contributed by atoms with Crippen molar-refractivity contribution in [2.75, 3.05) is 13.1 Å². The summed E-state index contributed by atoms with van der Waals surface area (Å²) in [6.07, 6.45) is 4.27. The summed E-state index contributed by atoms with van der Waals surface area (Å²) in [5, 5.41) is 10.8. The molecule has 0 radical (unpaired) electrons. The summed E-state index contributed by atoms with van der Waals surface area (Å²) in [7, 11) is 0. The molecule has 2 atom stereocenters. The standard InChI is InChI=1S/C23H31NO/c1-3-19-9-11-22(12-10-19)23(25)18(2)24-15-13-21(14-16-24)17-20-7-5-4-6-8-20/h4-12,18,21,23,25H,3,13-17H2,1-2H3. The number of hydrogen-bond acceptors (Lipinski definition) is 2. The fraction of sp³-hybridized carbons (Fsp3) is 0.478. The normalized spacial score (nSPS) is 18.8. The topological polar surface area (TPSA) is 23.5 Å². The zero-order chi connectivity index (χ0) is 17.6. The van der Waals surface area contributed by atoms with Gasteiger partial charge in [-0.1, -0.05) is 61.5 Å². The summed E-state index contributed by atoms with van der Waals surface area (Å²) < 4.78 is 0. The average molecular weight is 338 g/mol. The number of rotatable bonds is 6. The van der Waals surface area contributed by atoms with Crippen LogP contribution in [0.1, 0.15) is 49.5 Å². The Morgan fingerprint density at radius 1 is 0.960 bits per heavy atom. The van der Waals surface area contributed by atoms with E-state index in [0.29, 0.717) is 0 Å². The van der Waals surface area contributed by atoms with Crippen molar-refractivity contribution in [1.29, 1.82) is 0 Å². The fourth-order valence-electron chi connectivity index (χ4n) is 3.94. The molecule has 2 heteroatoms. The molecule has 2 aromatic carbocycles. The Balaban J connectivity index is 1.52. The molecule has 0 aromatic heterocycles. The van der Waals surface area contributed by atoms with E-state index in [1.807, 2.05) is 0 Å². The van der Waals surface area contributed by atoms with Gasteiger partial charge in [0.1, 0.15) is 0 Å². The molecule has 1 aliphatic rings. The van der Waals surface area contributed by atoms with Crippen molar-refractivity contribution < 1.29 is 5.11 Å². The molecule has 0 aliphatic carbocycles. The average Bonchev–Trinajstić information content (AvgIpc) is 2.68. The minimum absolute atomic E-state index is 0.171. The summed E-state index contributed by atoms with van der Waals surface area (Å²) in [4.78, 5) is 2.46. The van der Waals surface area contributed by atoms with Gasteiger partial charge in [-0.15, -0.1) is 0 Å². The Hall–Kier alpha value is -1.64. The second-order valence-corrected chi connectivity index (χ2v) is 7.45. The second kappa shape index (κ2) is 8.64. The highest BCUT2D eigenvalue weighted by Crippen LogP contribution is 2.27. The van der Waals surface area contributed by atoms with Crippen LogP contribution in [-0.4, -0.2) is 29.1 Å². The highest BCUT2D eigenvalue weighted by Gasteiger charge is 2.27. The van der Waals surface area contributed by atoms with Gasteiger partial charge in [0.2, 0.25) is 0 Å². The number of piperidine rings is 1. The van der Waals surface area contributed by atoms with E-state index >= 15 is 0 Å². The molecular weight excluding hydrogens is 306 g/mol. The van der Waals surface area contributed by atoms with Crippen LogP contribution in [0.4, 0.5) is 0 Å². The van der Waals surface area contributed by atoms with Crippen LogP contribution in [0.2, 0.25) is 0 Å². The van der Waals surface area contributed by atoms with E-state index in [1.165, 1.54) is 30.4 Å². The Bertz CT molecular complexity index is 629. The van der Waals surface area contributed by atoms with Crippen molar-refractivity contribution in [3.8, 4) is 0 Å². The Labute approximate surface area is 152 Å². The lowest BCUT2D eigenvalue weighted by Crippen LogP contribution is -2.43. The SMILES string of the molecule is CCc1ccc(C(O)C(C)N2CCC(Cc3ccccc3)CC2)cc1. The molecule has 1 saturated heterocycles. The second-order valence-electron chi connectivity index (χ2n) is 7.45. The van der Waals surface area contributed by atoms with Crippen LogP contribution >= 0.6 is 0 Å². The maximum atomic E-state index is 10.8. The van der Waals surface area contributed by atoms with Gasteiger partial charge in [-0.25, -0.2) is 0 Å². The maximum absolute atomic E-state index is 10.8. The zero-order valence-electron chi connectivity index (χ0n) is 15.6. The number of hydrogen-bond donors (Lipinski definition) is 1. The first-order valence-corrected chi connectivity index (χ1v) is 9.72. The van der Waals surface area contributed by atoms with Gasteiger partial charge in [0.15, 0.2) is 0 Å². The van der Waals surface area contributed by atoms with Crippen molar-refractivity contribution in [2.45, 2.75) is 51.7 Å². The third-order valence-electron chi connectivity index (χ3n) is 5.78. The Morgan fingerprint density at radius 2 is 1.60 bits per heavy atom. The molecule has 0 amide bonds. The lowest BCUT2D eigenvalue weighted by molar-refractivity contribution is 0.0373. The first-order chi connectivity index (χ1) is 12.2. The van der Waals surface area contributed by atoms with Gasteiger partial charge in [-0.2, -0.15) is 0 Å². The molecule has 134 valence electrons. The largest absolute Gasteiger partial charge is 0.387 e. The van der Waals surface area contributed by atoms with E-state index in [0.717, 1.165) is 31.0 Å². The van der Waals surface area contributed by atoms with Gasteiger partial charge in [0, 0.05) is 6.04 Å². The molecule has 3 rings (SSSR count). The van der Waals surface area contributed by atoms with E-state index < -0.39 is 6.10 Å². The lowest BCUT2D eigenvalue weighted by atomic mass is 9.89. The van der Waals surface area contributed by atoms with Gasteiger partial charge < -0.3 is 5.11 Å². The molecule has 1 aliphatic heterocycles. The van der Waals surface area contributed by atoms with E-state index in [4.69, 9.17) is 0 Å². The predicted octanol–water partition coefficient (Wildman–Crippen LogP) is 4.63. The highest BCUT2D eigenvalue weighted by molar-refractivity contribution is 5.25. The quantitative estimate of drug-likeness (QED) is 0.831. The molecule has 2 nitrogen and oxygen atoms in total. The monoisotopic (exact) mass is 337 g/mol. The lowest BCUT2D eigenvalue weighted by Gasteiger charge is -2.38. The van der Waals surface area contributed by atoms with Crippen LogP contribution in [-0.2, 0) is 12.8 Å². The molecule has 2 aromatic rings. The van der Waals surface area contributed by atoms with Crippen LogP contribution in [0.15, 0.2) is 54.6 Å². The smallest absolute Gasteiger partial charge is 0.0942 e. The van der Waals surface area contributed by atoms with Gasteiger partial charge in [-0.3, -0.25) is 4.90 Å². The zero-order valence-corrected chi connectivity index (χ0v) is 15.6. The molecule has 0 bridgehead atoms. The third kappa shape index (κ3) is 4.71. The number of aliphatic hydroxyl groups is 1. The third-order valence-corrected chi connectivity index (χ3v) is 5.78. The molecule has 0 saturated carbocycles. The van der Waals surface area contributed by atoms with E-state index in [1.54, 1.807) is 0 Å². The van der Waals surface area contributed by atoms with Crippen molar-refractivity contribution in [3.05, 3.63) is 71.3 Å². The number of nitrogens with zero attached hydrogens (tertiary/aromatic N) is 1. The number of benzene rings is 2. The highest BCUT2D eigenvalue weighted by atomic mass is 16.3. The van der Waals surface area contributed by atoms with Crippen LogP contribution in [0, 0.1) is 5.92 Å².